The van der Waals surface area contributed by atoms with Crippen LogP contribution in [0.2, 0.25) is 0 Å². The Hall–Kier alpha value is -0.370. The minimum absolute atomic E-state index is 0.0880. The van der Waals surface area contributed by atoms with Crippen LogP contribution in [-0.2, 0) is 9.53 Å². The Morgan fingerprint density at radius 3 is 2.06 bits per heavy atom. The summed E-state index contributed by atoms with van der Waals surface area (Å²) in [4.78, 5) is 12.1. The topological polar surface area (TPSA) is 26.3 Å². The summed E-state index contributed by atoms with van der Waals surface area (Å²) < 4.78 is 5.61. The zero-order valence-electron chi connectivity index (χ0n) is 13.1. The van der Waals surface area contributed by atoms with Crippen LogP contribution in [-0.4, -0.2) is 18.5 Å². The van der Waals surface area contributed by atoms with Crippen molar-refractivity contribution in [3.63, 3.8) is 0 Å². The van der Waals surface area contributed by atoms with E-state index in [1.165, 1.54) is 32.1 Å². The third-order valence-electron chi connectivity index (χ3n) is 3.19. The first-order valence-corrected chi connectivity index (χ1v) is 7.57. The summed E-state index contributed by atoms with van der Waals surface area (Å²) in [7, 11) is 0. The molecule has 2 nitrogen and oxygen atoms in total. The van der Waals surface area contributed by atoms with Gasteiger partial charge in [0.25, 0.3) is 0 Å². The number of unbranched alkanes of at least 4 members (excludes halogenated alkanes) is 5. The van der Waals surface area contributed by atoms with E-state index >= 15 is 0 Å². The van der Waals surface area contributed by atoms with E-state index in [4.69, 9.17) is 4.74 Å². The zero-order valence-corrected chi connectivity index (χ0v) is 13.1. The van der Waals surface area contributed by atoms with Crippen molar-refractivity contribution < 1.29 is 9.53 Å². The number of hydrogen-bond donors (Lipinski definition) is 0. The average Bonchev–Trinajstić information content (AvgIpc) is 2.28. The van der Waals surface area contributed by atoms with Gasteiger partial charge in [0.05, 0.1) is 0 Å². The maximum atomic E-state index is 12.1. The van der Waals surface area contributed by atoms with Crippen molar-refractivity contribution in [2.75, 3.05) is 6.61 Å². The lowest BCUT2D eigenvalue weighted by atomic mass is 9.85. The van der Waals surface area contributed by atoms with Gasteiger partial charge in [-0.25, -0.2) is 0 Å². The third-order valence-corrected chi connectivity index (χ3v) is 3.19. The molecule has 0 aromatic carbocycles. The van der Waals surface area contributed by atoms with Crippen LogP contribution in [0.25, 0.3) is 0 Å². The zero-order chi connectivity index (χ0) is 14.0. The summed E-state index contributed by atoms with van der Waals surface area (Å²) in [6.07, 6.45) is 7.78. The first-order valence-electron chi connectivity index (χ1n) is 7.57. The van der Waals surface area contributed by atoms with Crippen LogP contribution in [0, 0.1) is 5.41 Å². The number of hydrogen-bond acceptors (Lipinski definition) is 2. The van der Waals surface area contributed by atoms with E-state index in [2.05, 4.69) is 27.7 Å². The fourth-order valence-electron chi connectivity index (χ4n) is 2.20. The van der Waals surface area contributed by atoms with Crippen LogP contribution in [0.1, 0.15) is 79.6 Å². The number of carbonyl (C=O) groups excluding carboxylic acids is 1. The monoisotopic (exact) mass is 256 g/mol. The standard InChI is InChI=1S/C16H32O2/c1-6-8-9-10-11-12-13-14(17)15(18-7-2)16(3,4)5/h15H,6-13H2,1-5H3. The molecule has 1 unspecified atom stereocenters. The van der Waals surface area contributed by atoms with Crippen molar-refractivity contribution >= 4 is 5.78 Å². The molecule has 1 atom stereocenters. The van der Waals surface area contributed by atoms with Crippen LogP contribution in [0.15, 0.2) is 0 Å². The van der Waals surface area contributed by atoms with Gasteiger partial charge in [-0.1, -0.05) is 59.8 Å². The van der Waals surface area contributed by atoms with Crippen LogP contribution >= 0.6 is 0 Å². The summed E-state index contributed by atoms with van der Waals surface area (Å²) in [6.45, 7) is 11.0. The van der Waals surface area contributed by atoms with E-state index in [1.807, 2.05) is 6.92 Å². The average molecular weight is 256 g/mol. The molecule has 0 rings (SSSR count). The van der Waals surface area contributed by atoms with Crippen molar-refractivity contribution in [3.8, 4) is 0 Å². The van der Waals surface area contributed by atoms with Crippen molar-refractivity contribution in [2.24, 2.45) is 5.41 Å². The van der Waals surface area contributed by atoms with E-state index in [9.17, 15) is 4.79 Å². The lowest BCUT2D eigenvalue weighted by Gasteiger charge is -2.29. The minimum atomic E-state index is -0.238. The molecule has 0 bridgehead atoms. The third kappa shape index (κ3) is 7.86. The Balaban J connectivity index is 3.90. The molecule has 0 amide bonds. The second kappa shape index (κ2) is 9.55. The highest BCUT2D eigenvalue weighted by atomic mass is 16.5. The summed E-state index contributed by atoms with van der Waals surface area (Å²) in [5.74, 6) is 0.278. The predicted molar refractivity (Wildman–Crippen MR) is 77.9 cm³/mol. The number of ether oxygens (including phenoxy) is 1. The largest absolute Gasteiger partial charge is 0.370 e. The number of Topliss-reactive ketones (excluding diaryl/α,β-unsaturated/α-hetero) is 1. The minimum Gasteiger partial charge on any atom is -0.370 e. The van der Waals surface area contributed by atoms with Gasteiger partial charge in [-0.15, -0.1) is 0 Å². The molecule has 0 spiro atoms. The lowest BCUT2D eigenvalue weighted by Crippen LogP contribution is -2.37. The molecule has 18 heavy (non-hydrogen) atoms. The molecule has 108 valence electrons. The molecule has 0 N–H and O–H groups in total. The van der Waals surface area contributed by atoms with E-state index < -0.39 is 0 Å². The first-order chi connectivity index (χ1) is 8.43. The van der Waals surface area contributed by atoms with Gasteiger partial charge in [-0.3, -0.25) is 4.79 Å². The van der Waals surface area contributed by atoms with E-state index in [0.29, 0.717) is 13.0 Å². The highest BCUT2D eigenvalue weighted by Crippen LogP contribution is 2.24. The Labute approximate surface area is 113 Å². The molecule has 0 saturated carbocycles. The van der Waals surface area contributed by atoms with Gasteiger partial charge in [0.2, 0.25) is 0 Å². The van der Waals surface area contributed by atoms with E-state index in [1.54, 1.807) is 0 Å². The SMILES string of the molecule is CCCCCCCCC(=O)C(OCC)C(C)(C)C. The maximum Gasteiger partial charge on any atom is 0.162 e. The van der Waals surface area contributed by atoms with Gasteiger partial charge in [0, 0.05) is 13.0 Å². The molecule has 0 heterocycles. The molecular weight excluding hydrogens is 224 g/mol. The smallest absolute Gasteiger partial charge is 0.162 e. The molecule has 0 radical (unpaired) electrons. The number of rotatable bonds is 10. The van der Waals surface area contributed by atoms with Crippen LogP contribution in [0.3, 0.4) is 0 Å². The second-order valence-corrected chi connectivity index (χ2v) is 6.19. The van der Waals surface area contributed by atoms with Gasteiger partial charge >= 0.3 is 0 Å². The summed E-state index contributed by atoms with van der Waals surface area (Å²) >= 11 is 0. The fraction of sp³-hybridized carbons (Fsp3) is 0.938. The van der Waals surface area contributed by atoms with Crippen molar-refractivity contribution in [1.82, 2.24) is 0 Å². The maximum absolute atomic E-state index is 12.1. The highest BCUT2D eigenvalue weighted by molar-refractivity contribution is 5.83. The summed E-state index contributed by atoms with van der Waals surface area (Å²) in [5, 5.41) is 0. The highest BCUT2D eigenvalue weighted by Gasteiger charge is 2.30. The summed E-state index contributed by atoms with van der Waals surface area (Å²) in [6, 6.07) is 0. The van der Waals surface area contributed by atoms with Gasteiger partial charge in [-0.2, -0.15) is 0 Å². The number of ketones is 1. The summed E-state index contributed by atoms with van der Waals surface area (Å²) in [5.41, 5.74) is -0.0880. The van der Waals surface area contributed by atoms with Crippen molar-refractivity contribution in [2.45, 2.75) is 85.7 Å². The molecule has 2 heteroatoms. The van der Waals surface area contributed by atoms with Crippen molar-refractivity contribution in [1.29, 1.82) is 0 Å². The molecule has 0 fully saturated rings. The van der Waals surface area contributed by atoms with E-state index in [-0.39, 0.29) is 17.3 Å². The first kappa shape index (κ1) is 17.6. The second-order valence-electron chi connectivity index (χ2n) is 6.19. The van der Waals surface area contributed by atoms with Gasteiger partial charge in [0.15, 0.2) is 5.78 Å². The molecular formula is C16H32O2. The molecule has 0 aromatic heterocycles. The van der Waals surface area contributed by atoms with Crippen LogP contribution in [0.5, 0.6) is 0 Å². The molecule has 0 aliphatic carbocycles. The van der Waals surface area contributed by atoms with Gasteiger partial charge < -0.3 is 4.74 Å². The normalized spacial score (nSPS) is 13.6. The van der Waals surface area contributed by atoms with E-state index in [0.717, 1.165) is 6.42 Å². The van der Waals surface area contributed by atoms with Gasteiger partial charge in [-0.05, 0) is 18.8 Å². The molecule has 0 aliphatic heterocycles. The molecule has 0 aliphatic rings. The number of carbonyl (C=O) groups is 1. The lowest BCUT2D eigenvalue weighted by molar-refractivity contribution is -0.137. The quantitative estimate of drug-likeness (QED) is 0.527. The predicted octanol–water partition coefficient (Wildman–Crippen LogP) is 4.76. The molecule has 0 saturated heterocycles. The Kier molecular flexibility index (Phi) is 9.35. The van der Waals surface area contributed by atoms with Crippen LogP contribution in [0.4, 0.5) is 0 Å². The Morgan fingerprint density at radius 1 is 1.00 bits per heavy atom. The Bertz CT molecular complexity index is 216. The Morgan fingerprint density at radius 2 is 1.56 bits per heavy atom. The van der Waals surface area contributed by atoms with Gasteiger partial charge in [0.1, 0.15) is 6.10 Å². The van der Waals surface area contributed by atoms with Crippen molar-refractivity contribution in [3.05, 3.63) is 0 Å². The fourth-order valence-corrected chi connectivity index (χ4v) is 2.20. The van der Waals surface area contributed by atoms with Crippen LogP contribution < -0.4 is 0 Å². The molecule has 0 aromatic rings.